The maximum Gasteiger partial charge on any atom is 0.310 e. The first-order valence-electron chi connectivity index (χ1n) is 10.1. The van der Waals surface area contributed by atoms with Crippen molar-refractivity contribution in [2.24, 2.45) is 5.92 Å². The van der Waals surface area contributed by atoms with E-state index in [4.69, 9.17) is 14.2 Å². The van der Waals surface area contributed by atoms with Crippen molar-refractivity contribution in [3.8, 4) is 11.5 Å². The second-order valence-corrected chi connectivity index (χ2v) is 9.14. The fourth-order valence-electron chi connectivity index (χ4n) is 3.32. The highest BCUT2D eigenvalue weighted by Gasteiger charge is 2.34. The molecular weight excluding hydrogens is 425 g/mol. The normalized spacial score (nSPS) is 17.2. The molecule has 1 heterocycles. The highest BCUT2D eigenvalue weighted by Crippen LogP contribution is 2.25. The Morgan fingerprint density at radius 1 is 1.06 bits per heavy atom. The smallest absolute Gasteiger partial charge is 0.310 e. The van der Waals surface area contributed by atoms with Crippen molar-refractivity contribution in [3.63, 3.8) is 0 Å². The van der Waals surface area contributed by atoms with Gasteiger partial charge in [-0.2, -0.15) is 4.31 Å². The van der Waals surface area contributed by atoms with Crippen LogP contribution in [-0.4, -0.2) is 52.1 Å². The average Bonchev–Trinajstić information content (AvgIpc) is 2.80. The Labute approximate surface area is 181 Å². The number of halogens is 1. The second kappa shape index (κ2) is 10.6. The van der Waals surface area contributed by atoms with Crippen LogP contribution in [0.5, 0.6) is 11.5 Å². The van der Waals surface area contributed by atoms with Crippen molar-refractivity contribution in [2.45, 2.75) is 24.2 Å². The standard InChI is InChI=1S/C22H26FNO6S/c1-28-19-9-11-21(12-10-19)31(26,27)24-13-2-4-17(16-24)22(25)30-15-3-14-29-20-7-5-18(23)6-8-20/h5-12,17H,2-4,13-16H2,1H3. The van der Waals surface area contributed by atoms with Crippen LogP contribution in [0.25, 0.3) is 0 Å². The lowest BCUT2D eigenvalue weighted by Crippen LogP contribution is -2.42. The van der Waals surface area contributed by atoms with Crippen LogP contribution in [0, 0.1) is 11.7 Å². The average molecular weight is 452 g/mol. The predicted molar refractivity (Wildman–Crippen MR) is 112 cm³/mol. The second-order valence-electron chi connectivity index (χ2n) is 7.20. The van der Waals surface area contributed by atoms with E-state index in [0.717, 1.165) is 0 Å². The Kier molecular flexibility index (Phi) is 7.86. The fraction of sp³-hybridized carbons (Fsp3) is 0.409. The van der Waals surface area contributed by atoms with Crippen LogP contribution >= 0.6 is 0 Å². The van der Waals surface area contributed by atoms with Crippen LogP contribution in [-0.2, 0) is 19.6 Å². The number of benzene rings is 2. The van der Waals surface area contributed by atoms with Gasteiger partial charge in [-0.15, -0.1) is 0 Å². The molecule has 1 unspecified atom stereocenters. The summed E-state index contributed by atoms with van der Waals surface area (Å²) < 4.78 is 55.9. The van der Waals surface area contributed by atoms with E-state index in [1.807, 2.05) is 0 Å². The third-order valence-electron chi connectivity index (χ3n) is 5.03. The van der Waals surface area contributed by atoms with E-state index in [1.54, 1.807) is 12.1 Å². The first kappa shape index (κ1) is 23.0. The van der Waals surface area contributed by atoms with Gasteiger partial charge in [-0.05, 0) is 61.4 Å². The molecule has 0 spiro atoms. The minimum absolute atomic E-state index is 0.0965. The molecule has 0 amide bonds. The molecule has 2 aromatic carbocycles. The summed E-state index contributed by atoms with van der Waals surface area (Å²) in [7, 11) is -2.18. The minimum atomic E-state index is -3.69. The molecule has 1 aliphatic rings. The quantitative estimate of drug-likeness (QED) is 0.430. The van der Waals surface area contributed by atoms with Gasteiger partial charge in [0.15, 0.2) is 0 Å². The molecule has 7 nitrogen and oxygen atoms in total. The first-order chi connectivity index (χ1) is 14.9. The number of piperidine rings is 1. The summed E-state index contributed by atoms with van der Waals surface area (Å²) in [5, 5.41) is 0. The van der Waals surface area contributed by atoms with Crippen LogP contribution in [0.3, 0.4) is 0 Å². The lowest BCUT2D eigenvalue weighted by Gasteiger charge is -2.30. The van der Waals surface area contributed by atoms with Gasteiger partial charge in [0.05, 0.1) is 31.1 Å². The number of hydrogen-bond acceptors (Lipinski definition) is 6. The molecule has 1 aliphatic heterocycles. The van der Waals surface area contributed by atoms with E-state index in [1.165, 1.54) is 47.8 Å². The van der Waals surface area contributed by atoms with E-state index in [2.05, 4.69) is 0 Å². The number of methoxy groups -OCH3 is 1. The third kappa shape index (κ3) is 6.18. The summed E-state index contributed by atoms with van der Waals surface area (Å²) in [6.45, 7) is 0.951. The maximum atomic E-state index is 12.9. The van der Waals surface area contributed by atoms with Crippen molar-refractivity contribution in [1.29, 1.82) is 0 Å². The zero-order valence-corrected chi connectivity index (χ0v) is 18.1. The van der Waals surface area contributed by atoms with Crippen LogP contribution in [0.1, 0.15) is 19.3 Å². The van der Waals surface area contributed by atoms with Crippen molar-refractivity contribution >= 4 is 16.0 Å². The predicted octanol–water partition coefficient (Wildman–Crippen LogP) is 3.25. The molecule has 0 N–H and O–H groups in total. The molecule has 1 saturated heterocycles. The molecule has 0 aromatic heterocycles. The molecule has 0 aliphatic carbocycles. The largest absolute Gasteiger partial charge is 0.497 e. The molecule has 0 bridgehead atoms. The third-order valence-corrected chi connectivity index (χ3v) is 6.91. The van der Waals surface area contributed by atoms with Gasteiger partial charge < -0.3 is 14.2 Å². The van der Waals surface area contributed by atoms with E-state index >= 15 is 0 Å². The lowest BCUT2D eigenvalue weighted by molar-refractivity contribution is -0.150. The Balaban J connectivity index is 1.46. The number of ether oxygens (including phenoxy) is 3. The molecule has 0 radical (unpaired) electrons. The highest BCUT2D eigenvalue weighted by atomic mass is 32.2. The summed E-state index contributed by atoms with van der Waals surface area (Å²) in [5.41, 5.74) is 0. The highest BCUT2D eigenvalue weighted by molar-refractivity contribution is 7.89. The molecule has 9 heteroatoms. The van der Waals surface area contributed by atoms with Gasteiger partial charge in [-0.3, -0.25) is 4.79 Å². The summed E-state index contributed by atoms with van der Waals surface area (Å²) in [5.74, 6) is -0.130. The van der Waals surface area contributed by atoms with Gasteiger partial charge in [-0.25, -0.2) is 12.8 Å². The molecule has 0 saturated carbocycles. The molecule has 3 rings (SSSR count). The van der Waals surface area contributed by atoms with Crippen LogP contribution < -0.4 is 9.47 Å². The summed E-state index contributed by atoms with van der Waals surface area (Å²) >= 11 is 0. The van der Waals surface area contributed by atoms with Gasteiger partial charge in [0.2, 0.25) is 10.0 Å². The molecule has 2 aromatic rings. The Hall–Kier alpha value is -2.65. The number of sulfonamides is 1. The van der Waals surface area contributed by atoms with Crippen molar-refractivity contribution in [1.82, 2.24) is 4.31 Å². The van der Waals surface area contributed by atoms with Gasteiger partial charge in [0.25, 0.3) is 0 Å². The molecular formula is C22H26FNO6S. The van der Waals surface area contributed by atoms with Crippen LogP contribution in [0.2, 0.25) is 0 Å². The minimum Gasteiger partial charge on any atom is -0.497 e. The molecule has 168 valence electrons. The van der Waals surface area contributed by atoms with Crippen LogP contribution in [0.4, 0.5) is 4.39 Å². The Morgan fingerprint density at radius 2 is 1.74 bits per heavy atom. The van der Waals surface area contributed by atoms with Crippen molar-refractivity contribution in [3.05, 3.63) is 54.3 Å². The topological polar surface area (TPSA) is 82.1 Å². The van der Waals surface area contributed by atoms with Gasteiger partial charge in [0, 0.05) is 19.5 Å². The van der Waals surface area contributed by atoms with Crippen molar-refractivity contribution in [2.75, 3.05) is 33.4 Å². The summed E-state index contributed by atoms with van der Waals surface area (Å²) in [4.78, 5) is 12.6. The van der Waals surface area contributed by atoms with E-state index < -0.39 is 21.9 Å². The van der Waals surface area contributed by atoms with E-state index in [0.29, 0.717) is 43.9 Å². The number of hydrogen-bond donors (Lipinski definition) is 0. The lowest BCUT2D eigenvalue weighted by atomic mass is 10.00. The van der Waals surface area contributed by atoms with Gasteiger partial charge in [0.1, 0.15) is 17.3 Å². The number of carbonyl (C=O) groups is 1. The van der Waals surface area contributed by atoms with E-state index in [-0.39, 0.29) is 23.9 Å². The van der Waals surface area contributed by atoms with Gasteiger partial charge in [-0.1, -0.05) is 0 Å². The SMILES string of the molecule is COc1ccc(S(=O)(=O)N2CCCC(C(=O)OCCCOc3ccc(F)cc3)C2)cc1. The van der Waals surface area contributed by atoms with Gasteiger partial charge >= 0.3 is 5.97 Å². The molecule has 1 fully saturated rings. The number of nitrogens with zero attached hydrogens (tertiary/aromatic N) is 1. The fourth-order valence-corrected chi connectivity index (χ4v) is 4.84. The van der Waals surface area contributed by atoms with Crippen molar-refractivity contribution < 1.29 is 31.8 Å². The molecule has 1 atom stereocenters. The maximum absolute atomic E-state index is 12.9. The first-order valence-corrected chi connectivity index (χ1v) is 11.5. The zero-order chi connectivity index (χ0) is 22.3. The van der Waals surface area contributed by atoms with Crippen LogP contribution in [0.15, 0.2) is 53.4 Å². The summed E-state index contributed by atoms with van der Waals surface area (Å²) in [6.07, 6.45) is 1.64. The monoisotopic (exact) mass is 451 g/mol. The molecule has 31 heavy (non-hydrogen) atoms. The summed E-state index contributed by atoms with van der Waals surface area (Å²) in [6, 6.07) is 11.9. The Bertz CT molecular complexity index is 963. The zero-order valence-electron chi connectivity index (χ0n) is 17.3. The Morgan fingerprint density at radius 3 is 2.42 bits per heavy atom. The number of rotatable bonds is 9. The number of esters is 1. The van der Waals surface area contributed by atoms with E-state index in [9.17, 15) is 17.6 Å². The number of carbonyl (C=O) groups excluding carboxylic acids is 1.